The Morgan fingerprint density at radius 2 is 1.90 bits per heavy atom. The molecule has 9 heteroatoms. The number of carbonyl (C=O) groups is 3. The molecule has 1 atom stereocenters. The van der Waals surface area contributed by atoms with Gasteiger partial charge in [0.15, 0.2) is 0 Å². The molecule has 1 saturated heterocycles. The molecule has 1 unspecified atom stereocenters. The zero-order valence-electron chi connectivity index (χ0n) is 16.4. The molecule has 9 nitrogen and oxygen atoms in total. The highest BCUT2D eigenvalue weighted by Crippen LogP contribution is 2.29. The van der Waals surface area contributed by atoms with Crippen molar-refractivity contribution >= 4 is 17.8 Å². The van der Waals surface area contributed by atoms with Crippen LogP contribution in [0, 0.1) is 0 Å². The van der Waals surface area contributed by atoms with Gasteiger partial charge in [0.05, 0.1) is 0 Å². The Labute approximate surface area is 171 Å². The summed E-state index contributed by atoms with van der Waals surface area (Å²) in [6.45, 7) is 3.55. The van der Waals surface area contributed by atoms with Gasteiger partial charge in [-0.3, -0.25) is 14.9 Å². The van der Waals surface area contributed by atoms with Crippen LogP contribution in [0.15, 0.2) is 53.1 Å². The van der Waals surface area contributed by atoms with E-state index < -0.39 is 17.5 Å². The molecular formula is C21H19N5O4. The minimum atomic E-state index is -1.16. The van der Waals surface area contributed by atoms with Gasteiger partial charge in [-0.15, -0.1) is 0 Å². The van der Waals surface area contributed by atoms with Gasteiger partial charge in [-0.05, 0) is 36.2 Å². The molecule has 4 rings (SSSR count). The van der Waals surface area contributed by atoms with Crippen molar-refractivity contribution in [2.24, 2.45) is 0 Å². The quantitative estimate of drug-likeness (QED) is 0.558. The first kappa shape index (κ1) is 19.3. The van der Waals surface area contributed by atoms with E-state index in [-0.39, 0.29) is 5.91 Å². The Kier molecular flexibility index (Phi) is 4.78. The van der Waals surface area contributed by atoms with Gasteiger partial charge in [0.25, 0.3) is 11.8 Å². The SMILES string of the molecule is CC(=O)NCc1ccc(-c2nc(-c3cccc(C4(C)NC(=O)NC4=O)c3)no2)cc1. The number of hydrogen-bond acceptors (Lipinski definition) is 6. The number of benzene rings is 2. The second kappa shape index (κ2) is 7.43. The van der Waals surface area contributed by atoms with Crippen molar-refractivity contribution in [1.29, 1.82) is 0 Å². The van der Waals surface area contributed by atoms with Crippen LogP contribution in [0.25, 0.3) is 22.8 Å². The predicted molar refractivity (Wildman–Crippen MR) is 107 cm³/mol. The Morgan fingerprint density at radius 3 is 2.57 bits per heavy atom. The lowest BCUT2D eigenvalue weighted by molar-refractivity contribution is -0.123. The fourth-order valence-electron chi connectivity index (χ4n) is 3.17. The molecule has 2 aromatic carbocycles. The first-order valence-corrected chi connectivity index (χ1v) is 9.27. The standard InChI is InChI=1S/C21H19N5O4/c1-12(27)22-11-13-6-8-14(9-7-13)18-23-17(26-30-18)15-4-3-5-16(10-15)21(2)19(28)24-20(29)25-21/h3-10H,11H2,1-2H3,(H,22,27)(H2,24,25,28,29). The summed E-state index contributed by atoms with van der Waals surface area (Å²) in [5.74, 6) is 0.200. The molecule has 2 heterocycles. The lowest BCUT2D eigenvalue weighted by atomic mass is 9.91. The number of carbonyl (C=O) groups excluding carboxylic acids is 3. The summed E-state index contributed by atoms with van der Waals surface area (Å²) < 4.78 is 5.39. The number of hydrogen-bond donors (Lipinski definition) is 3. The summed E-state index contributed by atoms with van der Waals surface area (Å²) in [6.07, 6.45) is 0. The Balaban J connectivity index is 1.57. The predicted octanol–water partition coefficient (Wildman–Crippen LogP) is 2.09. The van der Waals surface area contributed by atoms with Crippen molar-refractivity contribution in [3.63, 3.8) is 0 Å². The lowest BCUT2D eigenvalue weighted by Crippen LogP contribution is -2.40. The van der Waals surface area contributed by atoms with Gasteiger partial charge in [-0.25, -0.2) is 4.79 Å². The summed E-state index contributed by atoms with van der Waals surface area (Å²) in [7, 11) is 0. The average molecular weight is 405 g/mol. The Bertz CT molecular complexity index is 1140. The van der Waals surface area contributed by atoms with E-state index in [1.165, 1.54) is 6.92 Å². The zero-order valence-corrected chi connectivity index (χ0v) is 16.4. The summed E-state index contributed by atoms with van der Waals surface area (Å²) in [6, 6.07) is 14.0. The lowest BCUT2D eigenvalue weighted by Gasteiger charge is -2.21. The molecule has 3 aromatic rings. The van der Waals surface area contributed by atoms with Crippen LogP contribution in [-0.4, -0.2) is 28.0 Å². The number of aromatic nitrogens is 2. The van der Waals surface area contributed by atoms with Crippen LogP contribution in [0.1, 0.15) is 25.0 Å². The van der Waals surface area contributed by atoms with Crippen molar-refractivity contribution < 1.29 is 18.9 Å². The molecule has 30 heavy (non-hydrogen) atoms. The van der Waals surface area contributed by atoms with E-state index in [9.17, 15) is 14.4 Å². The molecule has 0 aliphatic carbocycles. The highest BCUT2D eigenvalue weighted by molar-refractivity contribution is 6.07. The van der Waals surface area contributed by atoms with E-state index in [1.54, 1.807) is 31.2 Å². The maximum atomic E-state index is 12.2. The Morgan fingerprint density at radius 1 is 1.13 bits per heavy atom. The third kappa shape index (κ3) is 3.64. The number of imide groups is 1. The molecule has 4 amide bonds. The molecule has 0 radical (unpaired) electrons. The smallest absolute Gasteiger partial charge is 0.322 e. The topological polar surface area (TPSA) is 126 Å². The van der Waals surface area contributed by atoms with Crippen LogP contribution in [0.4, 0.5) is 4.79 Å². The molecule has 0 spiro atoms. The van der Waals surface area contributed by atoms with E-state index >= 15 is 0 Å². The Hall–Kier alpha value is -4.01. The molecule has 3 N–H and O–H groups in total. The van der Waals surface area contributed by atoms with E-state index in [4.69, 9.17) is 4.52 Å². The summed E-state index contributed by atoms with van der Waals surface area (Å²) in [5.41, 5.74) is 1.79. The maximum absolute atomic E-state index is 12.2. The summed E-state index contributed by atoms with van der Waals surface area (Å²) in [4.78, 5) is 39.2. The van der Waals surface area contributed by atoms with Crippen LogP contribution in [0.2, 0.25) is 0 Å². The van der Waals surface area contributed by atoms with Gasteiger partial charge in [0.2, 0.25) is 11.7 Å². The normalized spacial score (nSPS) is 18.1. The van der Waals surface area contributed by atoms with Crippen molar-refractivity contribution in [2.45, 2.75) is 25.9 Å². The second-order valence-electron chi connectivity index (χ2n) is 7.14. The van der Waals surface area contributed by atoms with Gasteiger partial charge in [-0.2, -0.15) is 4.98 Å². The van der Waals surface area contributed by atoms with Gasteiger partial charge in [0.1, 0.15) is 5.54 Å². The van der Waals surface area contributed by atoms with Gasteiger partial charge in [0, 0.05) is 24.6 Å². The van der Waals surface area contributed by atoms with Crippen LogP contribution in [0.3, 0.4) is 0 Å². The van der Waals surface area contributed by atoms with Crippen molar-refractivity contribution in [2.75, 3.05) is 0 Å². The first-order valence-electron chi connectivity index (χ1n) is 9.27. The van der Waals surface area contributed by atoms with E-state index in [2.05, 4.69) is 26.1 Å². The number of nitrogens with one attached hydrogen (secondary N) is 3. The minimum Gasteiger partial charge on any atom is -0.352 e. The van der Waals surface area contributed by atoms with Crippen LogP contribution in [-0.2, 0) is 21.7 Å². The van der Waals surface area contributed by atoms with E-state index in [0.29, 0.717) is 29.4 Å². The third-order valence-corrected chi connectivity index (χ3v) is 4.91. The summed E-state index contributed by atoms with van der Waals surface area (Å²) >= 11 is 0. The molecule has 1 aliphatic rings. The van der Waals surface area contributed by atoms with Gasteiger partial charge in [-0.1, -0.05) is 35.5 Å². The van der Waals surface area contributed by atoms with Crippen molar-refractivity contribution in [1.82, 2.24) is 26.1 Å². The number of rotatable bonds is 5. The van der Waals surface area contributed by atoms with E-state index in [0.717, 1.165) is 11.1 Å². The number of nitrogens with zero attached hydrogens (tertiary/aromatic N) is 2. The van der Waals surface area contributed by atoms with Gasteiger partial charge < -0.3 is 15.2 Å². The highest BCUT2D eigenvalue weighted by Gasteiger charge is 2.43. The molecule has 0 saturated carbocycles. The van der Waals surface area contributed by atoms with Crippen LogP contribution < -0.4 is 16.0 Å². The molecule has 152 valence electrons. The van der Waals surface area contributed by atoms with Crippen LogP contribution in [0.5, 0.6) is 0 Å². The second-order valence-corrected chi connectivity index (χ2v) is 7.14. The van der Waals surface area contributed by atoms with Crippen molar-refractivity contribution in [3.05, 3.63) is 59.7 Å². The molecule has 1 aromatic heterocycles. The third-order valence-electron chi connectivity index (χ3n) is 4.91. The van der Waals surface area contributed by atoms with Crippen LogP contribution >= 0.6 is 0 Å². The molecule has 1 fully saturated rings. The average Bonchev–Trinajstić information content (AvgIpc) is 3.32. The first-order chi connectivity index (χ1) is 14.3. The molecule has 1 aliphatic heterocycles. The fraction of sp³-hybridized carbons (Fsp3) is 0.190. The summed E-state index contributed by atoms with van der Waals surface area (Å²) in [5, 5.41) is 11.7. The molecule has 0 bridgehead atoms. The molecular weight excluding hydrogens is 386 g/mol. The number of amides is 4. The number of urea groups is 1. The largest absolute Gasteiger partial charge is 0.352 e. The van der Waals surface area contributed by atoms with E-state index in [1.807, 2.05) is 24.3 Å². The van der Waals surface area contributed by atoms with Crippen molar-refractivity contribution in [3.8, 4) is 22.8 Å². The fourth-order valence-corrected chi connectivity index (χ4v) is 3.17. The maximum Gasteiger partial charge on any atom is 0.322 e. The minimum absolute atomic E-state index is 0.0913. The highest BCUT2D eigenvalue weighted by atomic mass is 16.5. The van der Waals surface area contributed by atoms with Gasteiger partial charge >= 0.3 is 6.03 Å². The monoisotopic (exact) mass is 405 g/mol. The zero-order chi connectivity index (χ0) is 21.3.